The zero-order chi connectivity index (χ0) is 21.0. The third kappa shape index (κ3) is 3.25. The van der Waals surface area contributed by atoms with E-state index in [1.165, 1.54) is 50.5 Å². The van der Waals surface area contributed by atoms with E-state index in [2.05, 4.69) is 32.8 Å². The van der Waals surface area contributed by atoms with Crippen LogP contribution in [0.15, 0.2) is 11.1 Å². The number of hydrogen-bond donors (Lipinski definition) is 4. The molecule has 4 nitrogen and oxygen atoms in total. The maximum atomic E-state index is 10.4. The highest BCUT2D eigenvalue weighted by atomic mass is 16.3. The summed E-state index contributed by atoms with van der Waals surface area (Å²) in [4.78, 5) is 0. The Balaban J connectivity index is 1.65. The fourth-order valence-corrected chi connectivity index (χ4v) is 8.89. The van der Waals surface area contributed by atoms with E-state index in [1.807, 2.05) is 0 Å². The van der Waals surface area contributed by atoms with Gasteiger partial charge in [-0.25, -0.2) is 0 Å². The Labute approximate surface area is 177 Å². The van der Waals surface area contributed by atoms with E-state index in [4.69, 9.17) is 11.6 Å². The fraction of sp³-hybridized carbons (Fsp3) is 0.880. The number of fused-ring (bicyclic) bond motifs is 5. The highest BCUT2D eigenvalue weighted by Gasteiger charge is 2.60. The third-order valence-corrected chi connectivity index (χ3v) is 10.3. The molecule has 0 radical (unpaired) electrons. The van der Waals surface area contributed by atoms with E-state index < -0.39 is 0 Å². The van der Waals surface area contributed by atoms with Gasteiger partial charge in [0.05, 0.1) is 12.5 Å². The molecule has 164 valence electrons. The molecule has 4 saturated carbocycles. The number of rotatable bonds is 3. The Kier molecular flexibility index (Phi) is 5.55. The molecule has 0 aromatic rings. The molecule has 0 aliphatic heterocycles. The molecule has 0 amide bonds. The van der Waals surface area contributed by atoms with Crippen molar-refractivity contribution in [1.29, 1.82) is 0 Å². The first-order valence-electron chi connectivity index (χ1n) is 12.2. The van der Waals surface area contributed by atoms with Gasteiger partial charge in [-0.1, -0.05) is 38.3 Å². The predicted molar refractivity (Wildman–Crippen MR) is 119 cm³/mol. The molecular formula is C25H44N3O+. The molecule has 2 unspecified atom stereocenters. The van der Waals surface area contributed by atoms with Gasteiger partial charge in [0.2, 0.25) is 0 Å². The van der Waals surface area contributed by atoms with Gasteiger partial charge in [-0.2, -0.15) is 5.10 Å². The molecule has 8 atom stereocenters. The predicted octanol–water partition coefficient (Wildman–Crippen LogP) is 3.04. The molecule has 4 aliphatic carbocycles. The van der Waals surface area contributed by atoms with Crippen LogP contribution in [0.1, 0.15) is 91.9 Å². The van der Waals surface area contributed by atoms with Crippen molar-refractivity contribution in [2.75, 3.05) is 0 Å². The van der Waals surface area contributed by atoms with Crippen molar-refractivity contribution in [3.63, 3.8) is 0 Å². The number of hydrogen-bond acceptors (Lipinski definition) is 2. The smallest absolute Gasteiger partial charge is 0.267 e. The largest absolute Gasteiger partial charge is 0.393 e. The first-order valence-corrected chi connectivity index (χ1v) is 12.2. The zero-order valence-electron chi connectivity index (χ0n) is 19.1. The van der Waals surface area contributed by atoms with Gasteiger partial charge in [-0.15, -0.1) is 0 Å². The fourth-order valence-electron chi connectivity index (χ4n) is 8.89. The lowest BCUT2D eigenvalue weighted by Crippen LogP contribution is -2.82. The van der Waals surface area contributed by atoms with E-state index in [0.717, 1.165) is 48.9 Å². The van der Waals surface area contributed by atoms with Crippen molar-refractivity contribution in [3.05, 3.63) is 11.1 Å². The van der Waals surface area contributed by atoms with E-state index in [0.29, 0.717) is 16.7 Å². The minimum absolute atomic E-state index is 0.0611. The van der Waals surface area contributed by atoms with Crippen LogP contribution in [0, 0.1) is 40.4 Å². The molecule has 4 fully saturated rings. The van der Waals surface area contributed by atoms with Crippen molar-refractivity contribution >= 4 is 5.84 Å². The molecule has 0 bridgehead atoms. The molecule has 0 heterocycles. The summed E-state index contributed by atoms with van der Waals surface area (Å²) in [5.41, 5.74) is 9.92. The van der Waals surface area contributed by atoms with Gasteiger partial charge >= 0.3 is 0 Å². The number of aliphatic hydroxyl groups is 1. The highest BCUT2D eigenvalue weighted by Crippen LogP contribution is 2.68. The molecule has 29 heavy (non-hydrogen) atoms. The molecule has 0 saturated heterocycles. The van der Waals surface area contributed by atoms with Gasteiger partial charge in [0.25, 0.3) is 5.84 Å². The monoisotopic (exact) mass is 402 g/mol. The van der Waals surface area contributed by atoms with E-state index in [1.54, 1.807) is 5.57 Å². The molecule has 0 spiro atoms. The maximum absolute atomic E-state index is 10.4. The second-order valence-electron chi connectivity index (χ2n) is 11.4. The van der Waals surface area contributed by atoms with Gasteiger partial charge in [-0.3, -0.25) is 11.6 Å². The third-order valence-electron chi connectivity index (χ3n) is 10.3. The van der Waals surface area contributed by atoms with Crippen LogP contribution < -0.4 is 16.7 Å². The van der Waals surface area contributed by atoms with Crippen LogP contribution in [0.3, 0.4) is 0 Å². The van der Waals surface area contributed by atoms with Crippen LogP contribution in [-0.4, -0.2) is 17.0 Å². The summed E-state index contributed by atoms with van der Waals surface area (Å²) >= 11 is 0. The van der Waals surface area contributed by atoms with Gasteiger partial charge in [0.15, 0.2) is 0 Å². The molecule has 6 N–H and O–H groups in total. The average molecular weight is 403 g/mol. The van der Waals surface area contributed by atoms with Crippen LogP contribution in [0.4, 0.5) is 0 Å². The van der Waals surface area contributed by atoms with Crippen LogP contribution in [0.25, 0.3) is 0 Å². The lowest BCUT2D eigenvalue weighted by Gasteiger charge is -2.62. The zero-order valence-corrected chi connectivity index (χ0v) is 19.1. The van der Waals surface area contributed by atoms with Crippen LogP contribution in [0.2, 0.25) is 0 Å². The van der Waals surface area contributed by atoms with Crippen LogP contribution >= 0.6 is 0 Å². The van der Waals surface area contributed by atoms with Crippen LogP contribution in [0.5, 0.6) is 0 Å². The molecule has 0 aromatic heterocycles. The lowest BCUT2D eigenvalue weighted by atomic mass is 9.42. The number of nitrogens with two attached hydrogens (primary N) is 2. The summed E-state index contributed by atoms with van der Waals surface area (Å²) in [5.74, 6) is 10.3. The lowest BCUT2D eigenvalue weighted by molar-refractivity contribution is -0.471. The summed E-state index contributed by atoms with van der Waals surface area (Å²) < 4.78 is 0. The van der Waals surface area contributed by atoms with E-state index >= 15 is 0 Å². The normalized spacial score (nSPS) is 49.2. The Bertz CT molecular complexity index is 700. The van der Waals surface area contributed by atoms with Crippen molar-refractivity contribution in [1.82, 2.24) is 0 Å². The minimum atomic E-state index is -0.0611. The van der Waals surface area contributed by atoms with E-state index in [-0.39, 0.29) is 6.10 Å². The number of nitrogens with one attached hydrogen (secondary N) is 1. The van der Waals surface area contributed by atoms with Gasteiger partial charge < -0.3 is 5.11 Å². The summed E-state index contributed by atoms with van der Waals surface area (Å²) in [6.45, 7) is 9.82. The molecule has 0 aromatic carbocycles. The van der Waals surface area contributed by atoms with Gasteiger partial charge in [0.1, 0.15) is 0 Å². The number of hydrazine groups is 1. The Hall–Kier alpha value is -1.03. The second kappa shape index (κ2) is 7.59. The summed E-state index contributed by atoms with van der Waals surface area (Å²) in [7, 11) is 0. The summed E-state index contributed by atoms with van der Waals surface area (Å²) in [6, 6.07) is 0. The topological polar surface area (TPSA) is 86.2 Å². The maximum Gasteiger partial charge on any atom is 0.267 e. The quantitative estimate of drug-likeness (QED) is 0.192. The minimum Gasteiger partial charge on any atom is -0.393 e. The second-order valence-corrected chi connectivity index (χ2v) is 11.4. The SMILES string of the molecule is CC[C@H]1C[C@H]2C3CC/C(=C(/C)C/C(N)=[NH+]/N)[C@@]3(C)CC[C@@H]2C2(C)CC[C@@H](O)C[C@@H]12. The summed E-state index contributed by atoms with van der Waals surface area (Å²) in [5, 5.41) is 13.1. The molecule has 4 aliphatic rings. The number of amidine groups is 1. The molecule has 4 heteroatoms. The van der Waals surface area contributed by atoms with Crippen molar-refractivity contribution in [2.45, 2.75) is 98.0 Å². The van der Waals surface area contributed by atoms with Crippen LogP contribution in [-0.2, 0) is 0 Å². The van der Waals surface area contributed by atoms with E-state index in [9.17, 15) is 5.11 Å². The Morgan fingerprint density at radius 3 is 2.55 bits per heavy atom. The number of aliphatic hydroxyl groups excluding tert-OH is 1. The molecular weight excluding hydrogens is 358 g/mol. The van der Waals surface area contributed by atoms with Crippen molar-refractivity contribution < 1.29 is 10.2 Å². The van der Waals surface area contributed by atoms with Crippen molar-refractivity contribution in [2.24, 2.45) is 52.0 Å². The average Bonchev–Trinajstić information content (AvgIpc) is 3.05. The van der Waals surface area contributed by atoms with Gasteiger partial charge in [-0.05, 0) is 98.7 Å². The number of allylic oxidation sites excluding steroid dienone is 1. The first-order chi connectivity index (χ1) is 13.7. The standard InChI is InChI=1S/C25H43N3O/c1-5-16-13-18-20-7-6-19(15(2)12-23(26)28-27)24(20,3)11-9-21(18)25(4)10-8-17(29)14-22(16)25/h16-18,20-22,29H,5-14,27H2,1-4H3,(H2,26,28)/p+1/b19-15+/t16-,17+,18-,20?,21-,22-,24+,25?/m0/s1. The Morgan fingerprint density at radius 1 is 1.10 bits per heavy atom. The molecule has 4 rings (SSSR count). The van der Waals surface area contributed by atoms with Crippen molar-refractivity contribution in [3.8, 4) is 0 Å². The number of hydrazone groups is 1. The highest BCUT2D eigenvalue weighted by molar-refractivity contribution is 5.77. The Morgan fingerprint density at radius 2 is 1.86 bits per heavy atom. The van der Waals surface area contributed by atoms with Gasteiger partial charge in [0, 0.05) is 0 Å². The summed E-state index contributed by atoms with van der Waals surface area (Å²) in [6.07, 6.45) is 11.9. The first kappa shape index (κ1) is 21.2.